The van der Waals surface area contributed by atoms with E-state index in [1.165, 1.54) is 12.1 Å². The molecule has 4 nitrogen and oxygen atoms in total. The molecule has 0 amide bonds. The molecule has 3 unspecified atom stereocenters. The summed E-state index contributed by atoms with van der Waals surface area (Å²) >= 11 is 0. The molecule has 0 bridgehead atoms. The van der Waals surface area contributed by atoms with Crippen molar-refractivity contribution in [1.82, 2.24) is 5.32 Å². The molecule has 37 heavy (non-hydrogen) atoms. The number of alkyl halides is 6. The predicted octanol–water partition coefficient (Wildman–Crippen LogP) is 5.68. The zero-order valence-electron chi connectivity index (χ0n) is 19.8. The van der Waals surface area contributed by atoms with Crippen LogP contribution in [0.4, 0.5) is 30.7 Å². The Bertz CT molecular complexity index is 1010. The van der Waals surface area contributed by atoms with Crippen LogP contribution in [0.3, 0.4) is 0 Å². The number of hydrogen-bond acceptors (Lipinski definition) is 4. The Morgan fingerprint density at radius 3 is 2.19 bits per heavy atom. The van der Waals surface area contributed by atoms with Crippen molar-refractivity contribution in [2.45, 2.75) is 62.4 Å². The molecule has 0 saturated carbocycles. The zero-order chi connectivity index (χ0) is 26.8. The van der Waals surface area contributed by atoms with Crippen molar-refractivity contribution in [1.29, 1.82) is 0 Å². The molecular formula is C26H28F7NO3. The van der Waals surface area contributed by atoms with Gasteiger partial charge in [-0.3, -0.25) is 0 Å². The maximum absolute atomic E-state index is 13.6. The second kappa shape index (κ2) is 11.3. The van der Waals surface area contributed by atoms with Crippen LogP contribution in [0.2, 0.25) is 0 Å². The Morgan fingerprint density at radius 1 is 0.946 bits per heavy atom. The molecule has 2 saturated heterocycles. The second-order valence-corrected chi connectivity index (χ2v) is 9.54. The monoisotopic (exact) mass is 535 g/mol. The number of aliphatic hydroxyl groups excluding tert-OH is 1. The molecular weight excluding hydrogens is 507 g/mol. The summed E-state index contributed by atoms with van der Waals surface area (Å²) in [7, 11) is 0. The molecule has 4 rings (SSSR count). The van der Waals surface area contributed by atoms with Crippen molar-refractivity contribution in [3.8, 4) is 0 Å². The number of ether oxygens (including phenoxy) is 2. The van der Waals surface area contributed by atoms with E-state index in [0.29, 0.717) is 44.5 Å². The Morgan fingerprint density at radius 2 is 1.59 bits per heavy atom. The first-order chi connectivity index (χ1) is 17.4. The van der Waals surface area contributed by atoms with Crippen LogP contribution in [0, 0.1) is 11.7 Å². The van der Waals surface area contributed by atoms with Gasteiger partial charge in [0.05, 0.1) is 30.4 Å². The van der Waals surface area contributed by atoms with E-state index in [1.54, 1.807) is 12.1 Å². The molecule has 0 radical (unpaired) electrons. The van der Waals surface area contributed by atoms with Crippen LogP contribution in [-0.2, 0) is 28.2 Å². The van der Waals surface area contributed by atoms with E-state index in [4.69, 9.17) is 9.47 Å². The first-order valence-electron chi connectivity index (χ1n) is 12.1. The van der Waals surface area contributed by atoms with Crippen LogP contribution in [0.15, 0.2) is 42.5 Å². The van der Waals surface area contributed by atoms with Gasteiger partial charge in [-0.2, -0.15) is 26.3 Å². The summed E-state index contributed by atoms with van der Waals surface area (Å²) in [6, 6.07) is 7.24. The van der Waals surface area contributed by atoms with Gasteiger partial charge in [0.1, 0.15) is 5.82 Å². The predicted molar refractivity (Wildman–Crippen MR) is 120 cm³/mol. The van der Waals surface area contributed by atoms with Crippen molar-refractivity contribution >= 4 is 0 Å². The van der Waals surface area contributed by atoms with Crippen molar-refractivity contribution in [3.05, 3.63) is 70.5 Å². The summed E-state index contributed by atoms with van der Waals surface area (Å²) in [4.78, 5) is 0. The van der Waals surface area contributed by atoms with Crippen LogP contribution < -0.4 is 5.32 Å². The first kappa shape index (κ1) is 27.8. The van der Waals surface area contributed by atoms with Gasteiger partial charge in [0.15, 0.2) is 6.29 Å². The van der Waals surface area contributed by atoms with Gasteiger partial charge in [-0.1, -0.05) is 12.1 Å². The van der Waals surface area contributed by atoms with Crippen LogP contribution in [-0.4, -0.2) is 43.3 Å². The lowest BCUT2D eigenvalue weighted by molar-refractivity contribution is -0.191. The Labute approximate surface area is 209 Å². The minimum Gasteiger partial charge on any atom is -0.393 e. The number of rotatable bonds is 6. The third-order valence-corrected chi connectivity index (χ3v) is 6.99. The van der Waals surface area contributed by atoms with Crippen molar-refractivity contribution in [2.24, 2.45) is 5.92 Å². The molecule has 5 atom stereocenters. The van der Waals surface area contributed by atoms with Crippen molar-refractivity contribution in [2.75, 3.05) is 19.8 Å². The highest BCUT2D eigenvalue weighted by Gasteiger charge is 2.42. The van der Waals surface area contributed by atoms with Gasteiger partial charge in [-0.25, -0.2) is 4.39 Å². The van der Waals surface area contributed by atoms with E-state index in [0.717, 1.165) is 5.56 Å². The van der Waals surface area contributed by atoms with E-state index in [2.05, 4.69) is 5.32 Å². The van der Waals surface area contributed by atoms with Gasteiger partial charge in [0, 0.05) is 12.0 Å². The van der Waals surface area contributed by atoms with E-state index in [-0.39, 0.29) is 42.5 Å². The Hall–Kier alpha value is -2.21. The van der Waals surface area contributed by atoms with E-state index in [9.17, 15) is 35.8 Å². The highest BCUT2D eigenvalue weighted by molar-refractivity contribution is 5.34. The largest absolute Gasteiger partial charge is 0.416 e. The van der Waals surface area contributed by atoms with Gasteiger partial charge < -0.3 is 19.9 Å². The molecule has 204 valence electrons. The molecule has 0 spiro atoms. The van der Waals surface area contributed by atoms with Gasteiger partial charge in [0.25, 0.3) is 0 Å². The number of aliphatic hydroxyl groups is 1. The van der Waals surface area contributed by atoms with Crippen molar-refractivity contribution < 1.29 is 45.3 Å². The minimum absolute atomic E-state index is 0.0513. The molecule has 2 N–H and O–H groups in total. The fourth-order valence-electron chi connectivity index (χ4n) is 5.21. The normalized spacial score (nSPS) is 27.3. The molecule has 2 aromatic carbocycles. The van der Waals surface area contributed by atoms with Gasteiger partial charge >= 0.3 is 12.4 Å². The molecule has 2 heterocycles. The maximum atomic E-state index is 13.6. The number of piperidine rings is 1. The second-order valence-electron chi connectivity index (χ2n) is 9.54. The van der Waals surface area contributed by atoms with Gasteiger partial charge in [-0.05, 0) is 79.6 Å². The van der Waals surface area contributed by atoms with E-state index >= 15 is 0 Å². The number of nitrogens with one attached hydrogen (secondary N) is 1. The third-order valence-electron chi connectivity index (χ3n) is 6.99. The first-order valence-corrected chi connectivity index (χ1v) is 12.1. The van der Waals surface area contributed by atoms with Gasteiger partial charge in [-0.15, -0.1) is 0 Å². The molecule has 0 aromatic heterocycles. The van der Waals surface area contributed by atoms with Crippen molar-refractivity contribution in [3.63, 3.8) is 0 Å². The molecule has 2 fully saturated rings. The summed E-state index contributed by atoms with van der Waals surface area (Å²) in [6.45, 7) is 0.763. The molecule has 2 aliphatic rings. The maximum Gasteiger partial charge on any atom is 0.416 e. The summed E-state index contributed by atoms with van der Waals surface area (Å²) in [5.41, 5.74) is -2.18. The SMILES string of the molecule is OC1CCNC(C2CCO[C@@H](OCCc3cc(C(F)(F)F)cc(C(F)(F)F)c3)[C@@H]2c2ccc(F)cc2)C1. The lowest BCUT2D eigenvalue weighted by Crippen LogP contribution is -2.51. The smallest absolute Gasteiger partial charge is 0.393 e. The highest BCUT2D eigenvalue weighted by Crippen LogP contribution is 2.41. The third kappa shape index (κ3) is 7.01. The number of hydrogen-bond donors (Lipinski definition) is 2. The topological polar surface area (TPSA) is 50.7 Å². The zero-order valence-corrected chi connectivity index (χ0v) is 19.8. The lowest BCUT2D eigenvalue weighted by atomic mass is 9.75. The standard InChI is InChI=1S/C26H28F7NO3/c27-19-3-1-16(2-4-19)23-21(22-14-20(35)5-8-34-22)7-10-37-24(23)36-9-6-15-11-17(25(28,29)30)13-18(12-15)26(31,32)33/h1-4,11-13,20-24,34-35H,5-10,14H2/t20?,21?,22?,23-,24-/m1/s1. The van der Waals surface area contributed by atoms with E-state index < -0.39 is 41.7 Å². The molecule has 2 aliphatic heterocycles. The molecule has 0 aliphatic carbocycles. The average Bonchev–Trinajstić information content (AvgIpc) is 2.83. The summed E-state index contributed by atoms with van der Waals surface area (Å²) in [5.74, 6) is -0.861. The number of benzene rings is 2. The van der Waals surface area contributed by atoms with Gasteiger partial charge in [0.2, 0.25) is 0 Å². The Balaban J connectivity index is 1.53. The molecule has 2 aromatic rings. The fraction of sp³-hybridized carbons (Fsp3) is 0.538. The Kier molecular flexibility index (Phi) is 8.47. The number of halogens is 7. The van der Waals surface area contributed by atoms with E-state index in [1.807, 2.05) is 0 Å². The summed E-state index contributed by atoms with van der Waals surface area (Å²) < 4.78 is 105. The average molecular weight is 536 g/mol. The highest BCUT2D eigenvalue weighted by atomic mass is 19.4. The fourth-order valence-corrected chi connectivity index (χ4v) is 5.21. The molecule has 11 heteroatoms. The van der Waals surface area contributed by atoms with Crippen LogP contribution >= 0.6 is 0 Å². The summed E-state index contributed by atoms with van der Waals surface area (Å²) in [5, 5.41) is 13.6. The quantitative estimate of drug-likeness (QED) is 0.468. The lowest BCUT2D eigenvalue weighted by Gasteiger charge is -2.44. The van der Waals surface area contributed by atoms with Crippen LogP contribution in [0.1, 0.15) is 47.4 Å². The van der Waals surface area contributed by atoms with Crippen LogP contribution in [0.25, 0.3) is 0 Å². The van der Waals surface area contributed by atoms with Crippen LogP contribution in [0.5, 0.6) is 0 Å². The minimum atomic E-state index is -4.93. The summed E-state index contributed by atoms with van der Waals surface area (Å²) in [6.07, 6.45) is -9.60.